The van der Waals surface area contributed by atoms with E-state index in [1.54, 1.807) is 12.1 Å². The van der Waals surface area contributed by atoms with Crippen LogP contribution in [-0.4, -0.2) is 63.4 Å². The van der Waals surface area contributed by atoms with Crippen molar-refractivity contribution >= 4 is 23.4 Å². The molecule has 6 nitrogen and oxygen atoms in total. The van der Waals surface area contributed by atoms with Crippen molar-refractivity contribution in [3.05, 3.63) is 65.3 Å². The van der Waals surface area contributed by atoms with Crippen LogP contribution in [0.5, 0.6) is 0 Å². The number of nitro groups is 1. The van der Waals surface area contributed by atoms with E-state index in [4.69, 9.17) is 0 Å². The van der Waals surface area contributed by atoms with Crippen molar-refractivity contribution in [3.63, 3.8) is 0 Å². The Morgan fingerprint density at radius 1 is 1.21 bits per heavy atom. The Labute approximate surface area is 177 Å². The molecule has 0 saturated heterocycles. The quantitative estimate of drug-likeness (QED) is 0.304. The van der Waals surface area contributed by atoms with E-state index in [9.17, 15) is 14.9 Å². The molecule has 1 amide bonds. The summed E-state index contributed by atoms with van der Waals surface area (Å²) in [6.45, 7) is 14.1. The number of benzene rings is 1. The Morgan fingerprint density at radius 3 is 2.31 bits per heavy atom. The lowest BCUT2D eigenvalue weighted by atomic mass is 10.1. The summed E-state index contributed by atoms with van der Waals surface area (Å²) < 4.78 is 0. The second kappa shape index (κ2) is 11.2. The van der Waals surface area contributed by atoms with E-state index in [2.05, 4.69) is 25.0 Å². The number of likely N-dealkylation sites (N-methyl/N-ethyl adjacent to an activating group) is 1. The van der Waals surface area contributed by atoms with Crippen LogP contribution >= 0.6 is 11.8 Å². The number of carbonyl (C=O) groups excluding carboxylic acids is 1. The highest BCUT2D eigenvalue weighted by atomic mass is 32.2. The first-order valence-corrected chi connectivity index (χ1v) is 11.2. The number of thioether (sulfide) groups is 1. The first-order valence-electron chi connectivity index (χ1n) is 10.1. The predicted molar refractivity (Wildman–Crippen MR) is 121 cm³/mol. The molecule has 29 heavy (non-hydrogen) atoms. The molecule has 1 aliphatic rings. The van der Waals surface area contributed by atoms with Gasteiger partial charge in [-0.05, 0) is 37.7 Å². The number of nitro benzene ring substituents is 1. The van der Waals surface area contributed by atoms with Crippen molar-refractivity contribution < 1.29 is 9.72 Å². The molecule has 3 unspecified atom stereocenters. The Hall–Kier alpha value is -2.12. The van der Waals surface area contributed by atoms with Crippen LogP contribution < -0.4 is 0 Å². The number of amides is 1. The molecule has 1 aromatic carbocycles. The fourth-order valence-electron chi connectivity index (χ4n) is 4.21. The number of rotatable bonds is 11. The van der Waals surface area contributed by atoms with Crippen LogP contribution in [0.15, 0.2) is 49.6 Å². The maximum absolute atomic E-state index is 13.3. The highest BCUT2D eigenvalue weighted by Gasteiger charge is 2.43. The van der Waals surface area contributed by atoms with E-state index >= 15 is 0 Å². The molecular weight excluding hydrogens is 386 g/mol. The lowest BCUT2D eigenvalue weighted by Gasteiger charge is -2.40. The summed E-state index contributed by atoms with van der Waals surface area (Å²) in [6, 6.07) is 6.20. The molecular formula is C22H31N3O3S. The number of nitrogens with zero attached hydrogens (tertiary/aromatic N) is 3. The maximum atomic E-state index is 13.3. The molecule has 0 heterocycles. The lowest BCUT2D eigenvalue weighted by Crippen LogP contribution is -2.54. The van der Waals surface area contributed by atoms with Crippen LogP contribution in [-0.2, 0) is 0 Å². The highest BCUT2D eigenvalue weighted by Crippen LogP contribution is 2.37. The molecule has 0 bridgehead atoms. The summed E-state index contributed by atoms with van der Waals surface area (Å²) in [6.07, 6.45) is 5.81. The molecule has 1 aromatic rings. The van der Waals surface area contributed by atoms with Crippen LogP contribution in [0.4, 0.5) is 5.69 Å². The zero-order chi connectivity index (χ0) is 21.4. The van der Waals surface area contributed by atoms with Gasteiger partial charge in [0.2, 0.25) is 0 Å². The Bertz CT molecular complexity index is 713. The summed E-state index contributed by atoms with van der Waals surface area (Å²) in [4.78, 5) is 28.0. The monoisotopic (exact) mass is 417 g/mol. The van der Waals surface area contributed by atoms with Crippen molar-refractivity contribution in [2.45, 2.75) is 44.0 Å². The van der Waals surface area contributed by atoms with Gasteiger partial charge >= 0.3 is 0 Å². The molecule has 0 radical (unpaired) electrons. The molecule has 1 saturated carbocycles. The van der Waals surface area contributed by atoms with E-state index in [0.29, 0.717) is 17.4 Å². The van der Waals surface area contributed by atoms with Crippen LogP contribution in [0.2, 0.25) is 0 Å². The Balaban J connectivity index is 2.32. The molecule has 0 spiro atoms. The molecule has 3 atom stereocenters. The van der Waals surface area contributed by atoms with Gasteiger partial charge in [-0.3, -0.25) is 19.8 Å². The second-order valence-electron chi connectivity index (χ2n) is 7.06. The summed E-state index contributed by atoms with van der Waals surface area (Å²) in [5.74, 6) is 0.962. The third-order valence-corrected chi connectivity index (χ3v) is 6.65. The first-order chi connectivity index (χ1) is 14.0. The summed E-state index contributed by atoms with van der Waals surface area (Å²) in [7, 11) is 0. The fourth-order valence-corrected chi connectivity index (χ4v) is 5.49. The third kappa shape index (κ3) is 5.48. The predicted octanol–water partition coefficient (Wildman–Crippen LogP) is 4.38. The minimum absolute atomic E-state index is 0.00843. The zero-order valence-electron chi connectivity index (χ0n) is 17.3. The van der Waals surface area contributed by atoms with Crippen molar-refractivity contribution in [1.82, 2.24) is 9.80 Å². The standard InChI is InChI=1S/C22H31N3O3S/c1-5-15-23(16-6-2)21-19(13-14-20(21)29-8-4)24(7-3)22(26)17-9-11-18(12-10-17)25(27)28/h5-6,9-12,19-21H,1-2,7-8,13-16H2,3-4H3. The molecule has 1 aliphatic carbocycles. The second-order valence-corrected chi connectivity index (χ2v) is 8.57. The van der Waals surface area contributed by atoms with Gasteiger partial charge in [0.25, 0.3) is 11.6 Å². The average molecular weight is 418 g/mol. The van der Waals surface area contributed by atoms with E-state index in [0.717, 1.165) is 31.7 Å². The van der Waals surface area contributed by atoms with Crippen LogP contribution in [0, 0.1) is 10.1 Å². The minimum Gasteiger partial charge on any atom is -0.334 e. The average Bonchev–Trinajstić information content (AvgIpc) is 3.12. The number of hydrogen-bond acceptors (Lipinski definition) is 5. The summed E-state index contributed by atoms with van der Waals surface area (Å²) in [5, 5.41) is 11.4. The van der Waals surface area contributed by atoms with Crippen molar-refractivity contribution in [1.29, 1.82) is 0 Å². The smallest absolute Gasteiger partial charge is 0.269 e. The van der Waals surface area contributed by atoms with Gasteiger partial charge < -0.3 is 4.90 Å². The van der Waals surface area contributed by atoms with Crippen LogP contribution in [0.1, 0.15) is 37.0 Å². The molecule has 7 heteroatoms. The van der Waals surface area contributed by atoms with Crippen LogP contribution in [0.25, 0.3) is 0 Å². The van der Waals surface area contributed by atoms with Gasteiger partial charge in [-0.25, -0.2) is 0 Å². The van der Waals surface area contributed by atoms with Gasteiger partial charge in [0.1, 0.15) is 0 Å². The van der Waals surface area contributed by atoms with Crippen molar-refractivity contribution in [3.8, 4) is 0 Å². The maximum Gasteiger partial charge on any atom is 0.269 e. The molecule has 2 rings (SSSR count). The number of non-ortho nitro benzene ring substituents is 1. The van der Waals surface area contributed by atoms with E-state index < -0.39 is 4.92 Å². The van der Waals surface area contributed by atoms with Gasteiger partial charge in [0, 0.05) is 54.7 Å². The summed E-state index contributed by atoms with van der Waals surface area (Å²) >= 11 is 1.95. The fraction of sp³-hybridized carbons (Fsp3) is 0.500. The van der Waals surface area contributed by atoms with Crippen molar-refractivity contribution in [2.24, 2.45) is 0 Å². The topological polar surface area (TPSA) is 66.7 Å². The van der Waals surface area contributed by atoms with Gasteiger partial charge in [-0.15, -0.1) is 13.2 Å². The van der Waals surface area contributed by atoms with E-state index in [1.807, 2.05) is 35.7 Å². The van der Waals surface area contributed by atoms with Gasteiger partial charge in [-0.2, -0.15) is 11.8 Å². The Kier molecular flexibility index (Phi) is 8.92. The van der Waals surface area contributed by atoms with E-state index in [-0.39, 0.29) is 23.7 Å². The number of carbonyl (C=O) groups is 1. The first kappa shape index (κ1) is 23.2. The van der Waals surface area contributed by atoms with Gasteiger partial charge in [0.05, 0.1) is 4.92 Å². The van der Waals surface area contributed by atoms with Gasteiger partial charge in [-0.1, -0.05) is 19.1 Å². The van der Waals surface area contributed by atoms with Gasteiger partial charge in [0.15, 0.2) is 0 Å². The minimum atomic E-state index is -0.451. The number of hydrogen-bond donors (Lipinski definition) is 0. The van der Waals surface area contributed by atoms with Crippen molar-refractivity contribution in [2.75, 3.05) is 25.4 Å². The molecule has 1 fully saturated rings. The molecule has 158 valence electrons. The molecule has 0 aromatic heterocycles. The molecule has 0 aliphatic heterocycles. The summed E-state index contributed by atoms with van der Waals surface area (Å²) in [5.41, 5.74) is 0.479. The largest absolute Gasteiger partial charge is 0.334 e. The lowest BCUT2D eigenvalue weighted by molar-refractivity contribution is -0.384. The highest BCUT2D eigenvalue weighted by molar-refractivity contribution is 7.99. The van der Waals surface area contributed by atoms with Crippen LogP contribution in [0.3, 0.4) is 0 Å². The van der Waals surface area contributed by atoms with E-state index in [1.165, 1.54) is 12.1 Å². The third-order valence-electron chi connectivity index (χ3n) is 5.38. The SMILES string of the molecule is C=CCN(CC=C)C1C(SCC)CCC1N(CC)C(=O)c1ccc([N+](=O)[O-])cc1. The molecule has 0 N–H and O–H groups in total. The normalized spacial score (nSPS) is 21.1. The zero-order valence-corrected chi connectivity index (χ0v) is 18.1. The Morgan fingerprint density at radius 2 is 1.83 bits per heavy atom.